The van der Waals surface area contributed by atoms with Crippen molar-refractivity contribution in [1.82, 2.24) is 5.16 Å². The van der Waals surface area contributed by atoms with E-state index in [2.05, 4.69) is 14.4 Å². The Kier molecular flexibility index (Phi) is 1.57. The highest BCUT2D eigenvalue weighted by atomic mass is 16.6. The number of aromatic nitrogens is 1. The van der Waals surface area contributed by atoms with Crippen LogP contribution in [-0.2, 0) is 0 Å². The van der Waals surface area contributed by atoms with Gasteiger partial charge in [-0.2, -0.15) is 0 Å². The van der Waals surface area contributed by atoms with E-state index in [4.69, 9.17) is 5.73 Å². The number of carbonyl (C=O) groups excluding carboxylic acids is 1. The molecule has 0 aliphatic heterocycles. The fourth-order valence-corrected chi connectivity index (χ4v) is 0.490. The predicted octanol–water partition coefficient (Wildman–Crippen LogP) is 0.441. The number of carbonyl (C=O) groups is 1. The van der Waals surface area contributed by atoms with Crippen molar-refractivity contribution in [3.8, 4) is 5.75 Å². The van der Waals surface area contributed by atoms with Gasteiger partial charge < -0.3 is 15.0 Å². The molecule has 0 bridgehead atoms. The number of hydrogen-bond acceptors (Lipinski definition) is 4. The normalized spacial score (nSPS) is 9.30. The first kappa shape index (κ1) is 6.60. The largest absolute Gasteiger partial charge is 0.410 e. The van der Waals surface area contributed by atoms with Gasteiger partial charge in [0.05, 0.1) is 0 Å². The Morgan fingerprint density at radius 3 is 3.00 bits per heavy atom. The summed E-state index contributed by atoms with van der Waals surface area (Å²) in [6.07, 6.45) is 0.339. The van der Waals surface area contributed by atoms with Crippen molar-refractivity contribution in [3.05, 3.63) is 12.0 Å². The Morgan fingerprint density at radius 2 is 2.60 bits per heavy atom. The van der Waals surface area contributed by atoms with Crippen molar-refractivity contribution in [3.63, 3.8) is 0 Å². The minimum atomic E-state index is -0.869. The standard InChI is InChI=1S/C5H6N2O3/c1-3-4(2-9-7-3)10-5(6)8/h2H,1H3,(H2,6,8). The molecule has 0 atom stereocenters. The van der Waals surface area contributed by atoms with Gasteiger partial charge >= 0.3 is 6.09 Å². The molecule has 0 saturated carbocycles. The average molecular weight is 142 g/mol. The monoisotopic (exact) mass is 142 g/mol. The Balaban J connectivity index is 2.74. The number of nitrogens with two attached hydrogens (primary N) is 1. The van der Waals surface area contributed by atoms with Crippen molar-refractivity contribution < 1.29 is 14.1 Å². The fraction of sp³-hybridized carbons (Fsp3) is 0.200. The van der Waals surface area contributed by atoms with Gasteiger partial charge in [-0.1, -0.05) is 5.16 Å². The molecule has 2 N–H and O–H groups in total. The highest BCUT2D eigenvalue weighted by molar-refractivity contribution is 5.68. The van der Waals surface area contributed by atoms with Crippen LogP contribution < -0.4 is 10.5 Å². The summed E-state index contributed by atoms with van der Waals surface area (Å²) < 4.78 is 8.93. The molecule has 0 aromatic carbocycles. The van der Waals surface area contributed by atoms with Crippen LogP contribution in [0.15, 0.2) is 10.8 Å². The highest BCUT2D eigenvalue weighted by Gasteiger charge is 2.05. The lowest BCUT2D eigenvalue weighted by Crippen LogP contribution is -2.16. The van der Waals surface area contributed by atoms with Gasteiger partial charge in [0.15, 0.2) is 12.0 Å². The summed E-state index contributed by atoms with van der Waals surface area (Å²) in [6, 6.07) is 0. The third-order valence-electron chi connectivity index (χ3n) is 0.917. The Morgan fingerprint density at radius 1 is 1.90 bits per heavy atom. The maximum Gasteiger partial charge on any atom is 0.410 e. The molecule has 0 aliphatic carbocycles. The molecule has 0 unspecified atom stereocenters. The predicted molar refractivity (Wildman–Crippen MR) is 31.5 cm³/mol. The maximum atomic E-state index is 10.1. The zero-order valence-electron chi connectivity index (χ0n) is 5.33. The molecule has 0 radical (unpaired) electrons. The van der Waals surface area contributed by atoms with Crippen molar-refractivity contribution in [2.45, 2.75) is 6.92 Å². The number of primary amides is 1. The summed E-state index contributed by atoms with van der Waals surface area (Å²) in [4.78, 5) is 10.1. The molecule has 0 saturated heterocycles. The van der Waals surface area contributed by atoms with Gasteiger partial charge in [-0.3, -0.25) is 0 Å². The quantitative estimate of drug-likeness (QED) is 0.617. The molecular weight excluding hydrogens is 136 g/mol. The smallest absolute Gasteiger partial charge is 0.405 e. The molecule has 1 heterocycles. The molecule has 1 rings (SSSR count). The van der Waals surface area contributed by atoms with Crippen LogP contribution in [0.25, 0.3) is 0 Å². The van der Waals surface area contributed by atoms with E-state index in [0.29, 0.717) is 5.69 Å². The van der Waals surface area contributed by atoms with Crippen LogP contribution in [0.1, 0.15) is 5.69 Å². The summed E-state index contributed by atoms with van der Waals surface area (Å²) >= 11 is 0. The Hall–Kier alpha value is -1.52. The van der Waals surface area contributed by atoms with Gasteiger partial charge in [-0.15, -0.1) is 0 Å². The molecule has 1 amide bonds. The number of rotatable bonds is 1. The SMILES string of the molecule is Cc1nocc1OC(N)=O. The molecule has 5 nitrogen and oxygen atoms in total. The van der Waals surface area contributed by atoms with Gasteiger partial charge in [0.2, 0.25) is 0 Å². The first-order valence-electron chi connectivity index (χ1n) is 2.58. The van der Waals surface area contributed by atoms with Gasteiger partial charge in [-0.05, 0) is 6.92 Å². The first-order valence-corrected chi connectivity index (χ1v) is 2.58. The lowest BCUT2D eigenvalue weighted by molar-refractivity contribution is 0.210. The van der Waals surface area contributed by atoms with Gasteiger partial charge in [0, 0.05) is 0 Å². The number of nitrogens with zero attached hydrogens (tertiary/aromatic N) is 1. The van der Waals surface area contributed by atoms with E-state index in [9.17, 15) is 4.79 Å². The van der Waals surface area contributed by atoms with Gasteiger partial charge in [-0.25, -0.2) is 4.79 Å². The minimum Gasteiger partial charge on any atom is -0.405 e. The van der Waals surface area contributed by atoms with E-state index < -0.39 is 6.09 Å². The second-order valence-electron chi connectivity index (χ2n) is 1.69. The lowest BCUT2D eigenvalue weighted by Gasteiger charge is -1.93. The van der Waals surface area contributed by atoms with Gasteiger partial charge in [0.25, 0.3) is 0 Å². The summed E-state index contributed by atoms with van der Waals surface area (Å²) in [7, 11) is 0. The van der Waals surface area contributed by atoms with Gasteiger partial charge in [0.1, 0.15) is 5.69 Å². The van der Waals surface area contributed by atoms with Crippen molar-refractivity contribution >= 4 is 6.09 Å². The molecule has 0 fully saturated rings. The Bertz CT molecular complexity index is 243. The van der Waals surface area contributed by atoms with E-state index in [1.165, 1.54) is 6.26 Å². The molecule has 1 aromatic heterocycles. The molecular formula is C5H6N2O3. The van der Waals surface area contributed by atoms with E-state index in [-0.39, 0.29) is 5.75 Å². The van der Waals surface area contributed by atoms with Crippen LogP contribution in [0.5, 0.6) is 5.75 Å². The van der Waals surface area contributed by atoms with Crippen molar-refractivity contribution in [2.24, 2.45) is 5.73 Å². The molecule has 1 aromatic rings. The van der Waals surface area contributed by atoms with Crippen LogP contribution >= 0.6 is 0 Å². The number of hydrogen-bond donors (Lipinski definition) is 1. The summed E-state index contributed by atoms with van der Waals surface area (Å²) in [6.45, 7) is 1.64. The summed E-state index contributed by atoms with van der Waals surface area (Å²) in [5, 5.41) is 3.46. The summed E-state index contributed by atoms with van der Waals surface area (Å²) in [5.74, 6) is 0.257. The second kappa shape index (κ2) is 2.38. The van der Waals surface area contributed by atoms with Crippen LogP contribution in [-0.4, -0.2) is 11.2 Å². The van der Waals surface area contributed by atoms with E-state index in [1.54, 1.807) is 6.92 Å². The highest BCUT2D eigenvalue weighted by Crippen LogP contribution is 2.13. The van der Waals surface area contributed by atoms with Crippen LogP contribution in [0.3, 0.4) is 0 Å². The van der Waals surface area contributed by atoms with E-state index >= 15 is 0 Å². The topological polar surface area (TPSA) is 78.3 Å². The Labute approximate surface area is 56.7 Å². The first-order chi connectivity index (χ1) is 4.70. The second-order valence-corrected chi connectivity index (χ2v) is 1.69. The molecule has 10 heavy (non-hydrogen) atoms. The molecule has 0 spiro atoms. The van der Waals surface area contributed by atoms with E-state index in [1.807, 2.05) is 0 Å². The maximum absolute atomic E-state index is 10.1. The molecule has 54 valence electrons. The fourth-order valence-electron chi connectivity index (χ4n) is 0.490. The lowest BCUT2D eigenvalue weighted by atomic mass is 10.5. The molecule has 5 heteroatoms. The zero-order valence-corrected chi connectivity index (χ0v) is 5.33. The third-order valence-corrected chi connectivity index (χ3v) is 0.917. The average Bonchev–Trinajstić information content (AvgIpc) is 2.15. The number of ether oxygens (including phenoxy) is 1. The summed E-state index contributed by atoms with van der Waals surface area (Å²) in [5.41, 5.74) is 5.22. The number of amides is 1. The zero-order chi connectivity index (χ0) is 7.56. The van der Waals surface area contributed by atoms with Crippen LogP contribution in [0.2, 0.25) is 0 Å². The van der Waals surface area contributed by atoms with Crippen molar-refractivity contribution in [2.75, 3.05) is 0 Å². The van der Waals surface area contributed by atoms with Crippen molar-refractivity contribution in [1.29, 1.82) is 0 Å². The molecule has 0 aliphatic rings. The minimum absolute atomic E-state index is 0.257. The van der Waals surface area contributed by atoms with Crippen LogP contribution in [0, 0.1) is 6.92 Å². The third kappa shape index (κ3) is 1.25. The van der Waals surface area contributed by atoms with E-state index in [0.717, 1.165) is 0 Å². The number of aryl methyl sites for hydroxylation is 1. The van der Waals surface area contributed by atoms with Crippen LogP contribution in [0.4, 0.5) is 4.79 Å².